The molecule has 576 valence electrons. The van der Waals surface area contributed by atoms with Gasteiger partial charge in [-0.2, -0.15) is 52.7 Å². The molecule has 0 fully saturated rings. The van der Waals surface area contributed by atoms with Crippen LogP contribution in [-0.2, 0) is 31.1 Å². The Kier molecular flexibility index (Phi) is 22.2. The van der Waals surface area contributed by atoms with E-state index in [0.717, 1.165) is 95.6 Å². The summed E-state index contributed by atoms with van der Waals surface area (Å²) in [6.07, 6.45) is -16.0. The Bertz CT molecular complexity index is 5390. The first-order chi connectivity index (χ1) is 53.1. The predicted octanol–water partition coefficient (Wildman–Crippen LogP) is 20.4. The number of amides is 4. The second kappa shape index (κ2) is 31.5. The van der Waals surface area contributed by atoms with Gasteiger partial charge in [-0.1, -0.05) is 77.4 Å². The molecule has 6 N–H and O–H groups in total. The van der Waals surface area contributed by atoms with Gasteiger partial charge in [0.2, 0.25) is 0 Å². The molecule has 16 rings (SSSR count). The van der Waals surface area contributed by atoms with Gasteiger partial charge in [0.1, 0.15) is 0 Å². The van der Waals surface area contributed by atoms with Gasteiger partial charge in [-0.15, -0.1) is 0 Å². The number of carbonyl (C=O) groups excluding carboxylic acids is 4. The van der Waals surface area contributed by atoms with Gasteiger partial charge in [0.25, 0.3) is 35.0 Å². The van der Waals surface area contributed by atoms with Crippen LogP contribution < -0.4 is 31.9 Å². The van der Waals surface area contributed by atoms with Crippen molar-refractivity contribution in [2.75, 3.05) is 65.4 Å². The number of non-ortho nitro benzene ring substituents is 2. The number of fused-ring (bicyclic) bond motifs is 10. The summed E-state index contributed by atoms with van der Waals surface area (Å²) in [7, 11) is 0. The van der Waals surface area contributed by atoms with Crippen LogP contribution in [0.5, 0.6) is 0 Å². The molecule has 6 aliphatic rings. The van der Waals surface area contributed by atoms with Crippen molar-refractivity contribution in [3.05, 3.63) is 270 Å². The van der Waals surface area contributed by atoms with E-state index in [-0.39, 0.29) is 49.2 Å². The highest BCUT2D eigenvalue weighted by Crippen LogP contribution is 2.54. The van der Waals surface area contributed by atoms with Gasteiger partial charge in [-0.05, 0) is 183 Å². The Balaban J connectivity index is 0.000000134. The zero-order chi connectivity index (χ0) is 80.0. The lowest BCUT2D eigenvalue weighted by molar-refractivity contribution is -0.385. The average molecular weight is 1620 g/mol. The number of nitrogen functional groups attached to an aromatic ring is 2. The Morgan fingerprint density at radius 3 is 1.01 bits per heavy atom. The van der Waals surface area contributed by atoms with E-state index in [1.54, 1.807) is 88.7 Å². The van der Waals surface area contributed by atoms with Crippen LogP contribution in [0.1, 0.15) is 94.1 Å². The molecule has 10 aromatic carbocycles. The summed E-state index contributed by atoms with van der Waals surface area (Å²) in [6.45, 7) is 1.78. The molecule has 0 spiro atoms. The lowest BCUT2D eigenvalue weighted by atomic mass is 10.0. The molecule has 0 bridgehead atoms. The molecule has 0 saturated carbocycles. The minimum atomic E-state index is -4.54. The maximum absolute atomic E-state index is 13.4. The molecule has 0 atom stereocenters. The van der Waals surface area contributed by atoms with Crippen molar-refractivity contribution in [1.29, 1.82) is 0 Å². The molecule has 0 radical (unpaired) electrons. The monoisotopic (exact) mass is 1620 g/mol. The van der Waals surface area contributed by atoms with E-state index in [0.29, 0.717) is 120 Å². The number of imide groups is 2. The van der Waals surface area contributed by atoms with Crippen LogP contribution in [-0.4, -0.2) is 82.5 Å². The summed E-state index contributed by atoms with van der Waals surface area (Å²) in [6, 6.07) is 47.0. The third-order valence-corrected chi connectivity index (χ3v) is 23.1. The first-order valence-electron chi connectivity index (χ1n) is 34.0. The molecular weight excluding hydrogens is 1560 g/mol. The van der Waals surface area contributed by atoms with Crippen LogP contribution in [0.25, 0.3) is 0 Å². The zero-order valence-corrected chi connectivity index (χ0v) is 61.1. The van der Waals surface area contributed by atoms with Crippen molar-refractivity contribution in [3.63, 3.8) is 0 Å². The highest BCUT2D eigenvalue weighted by molar-refractivity contribution is 8.00. The van der Waals surface area contributed by atoms with Crippen LogP contribution in [0.15, 0.2) is 233 Å². The number of nitro groups is 2. The van der Waals surface area contributed by atoms with E-state index in [2.05, 4.69) is 0 Å². The number of nitrogens with two attached hydrogens (primary N) is 3. The number of anilines is 8. The number of halogens is 12. The molecule has 0 aromatic heterocycles. The smallest absolute Gasteiger partial charge is 0.399 e. The molecule has 0 aliphatic carbocycles. The molecule has 0 saturated heterocycles. The van der Waals surface area contributed by atoms with Crippen LogP contribution >= 0.6 is 47.0 Å². The maximum atomic E-state index is 13.4. The summed E-state index contributed by atoms with van der Waals surface area (Å²) in [5, 5.41) is 22.0. The summed E-state index contributed by atoms with van der Waals surface area (Å²) in [5.41, 5.74) is 21.7. The molecule has 0 unspecified atom stereocenters. The fraction of sp³-hybridized carbons (Fsp3) is 0.179. The predicted molar refractivity (Wildman–Crippen MR) is 401 cm³/mol. The first kappa shape index (κ1) is 78.9. The third-order valence-electron chi connectivity index (χ3n) is 18.5. The molecule has 18 nitrogen and oxygen atoms in total. The minimum Gasteiger partial charge on any atom is -0.399 e. The lowest BCUT2D eigenvalue weighted by Crippen LogP contribution is -2.33. The number of nitro benzene ring substituents is 2. The Hall–Kier alpha value is -11.2. The van der Waals surface area contributed by atoms with Crippen LogP contribution in [0.3, 0.4) is 0 Å². The van der Waals surface area contributed by atoms with Crippen molar-refractivity contribution >= 4 is 128 Å². The normalized spacial score (nSPS) is 14.3. The molecule has 6 aliphatic heterocycles. The van der Waals surface area contributed by atoms with Gasteiger partial charge in [-0.3, -0.25) is 49.2 Å². The van der Waals surface area contributed by atoms with Crippen molar-refractivity contribution in [3.8, 4) is 0 Å². The Morgan fingerprint density at radius 1 is 0.330 bits per heavy atom. The van der Waals surface area contributed by atoms with Gasteiger partial charge in [-0.25, -0.2) is 0 Å². The minimum absolute atomic E-state index is 0.0170. The van der Waals surface area contributed by atoms with E-state index in [1.807, 2.05) is 17.0 Å². The molecule has 112 heavy (non-hydrogen) atoms. The van der Waals surface area contributed by atoms with E-state index < -0.39 is 68.6 Å². The van der Waals surface area contributed by atoms with Gasteiger partial charge >= 0.3 is 24.7 Å². The summed E-state index contributed by atoms with van der Waals surface area (Å²) in [4.78, 5) is 84.9. The number of hydrogen-bond acceptors (Lipinski definition) is 18. The third kappa shape index (κ3) is 16.6. The topological polar surface area (TPSA) is 249 Å². The first-order valence-corrected chi connectivity index (χ1v) is 37.2. The standard InChI is InChI=1S/C24H16F3N3O4S.C24H18F3N3O2S.C16H16F3N3S.C14H8F3NO2S/c25-24(26,27)14-6-9-20-19(12-14)28(18-8-7-15(30(33)34)13-21(18)35-20)10-3-11-29-22(31)16-4-1-2-5-17(16)23(29)32;25-24(26,27)14-6-9-20-19(12-14)29(18-8-7-15(28)13-21(18)33-20)10-3-11-30-22(31)16-4-1-2-5-17(16)23(30)32;17-16(18,19)10-2-5-14-13(8-10)22(7-1-6-20)12-4-3-11(21)9-15(12)23-14;15-14(16,17)10-2-4-12-9(6-10)5-8-1-3-11(18(19)20)7-13(8)21-12/h1-2,4-9,12-13H,3,10-11H2;1-2,4-9,12-13H,3,10-11,28H2;2-5,8-9H,1,6-7,20-21H2;1-4,6-7H,5H2. The second-order valence-electron chi connectivity index (χ2n) is 25.8. The van der Waals surface area contributed by atoms with Crippen LogP contribution in [0.2, 0.25) is 0 Å². The molecule has 6 heterocycles. The van der Waals surface area contributed by atoms with Crippen LogP contribution in [0.4, 0.5) is 110 Å². The van der Waals surface area contributed by atoms with E-state index in [4.69, 9.17) is 17.2 Å². The SMILES string of the molecule is NCCCN1c2ccc(N)cc2Sc2ccc(C(F)(F)F)cc21.Nc1ccc2c(c1)Sc1ccc(C(F)(F)F)cc1N2CCCN1C(=O)c2ccccc2C1=O.O=C1c2ccccc2C(=O)N1CCCN1c2ccc([N+](=O)[O-])cc2Sc2ccc(C(F)(F)F)cc21.O=[N+]([O-])c1ccc2c(c1)Sc1ccc(C(F)(F)F)cc1C2. The van der Waals surface area contributed by atoms with E-state index >= 15 is 0 Å². The summed E-state index contributed by atoms with van der Waals surface area (Å²) >= 11 is 5.21. The van der Waals surface area contributed by atoms with Gasteiger partial charge in [0, 0.05) is 108 Å². The highest BCUT2D eigenvalue weighted by Gasteiger charge is 2.41. The van der Waals surface area contributed by atoms with Crippen molar-refractivity contribution < 1.29 is 81.7 Å². The van der Waals surface area contributed by atoms with Crippen molar-refractivity contribution in [2.24, 2.45) is 5.73 Å². The number of alkyl halides is 12. The Labute approximate surface area is 646 Å². The summed E-state index contributed by atoms with van der Waals surface area (Å²) in [5.74, 6) is -1.51. The number of nitrogens with zero attached hydrogens (tertiary/aromatic N) is 7. The number of carbonyl (C=O) groups is 4. The zero-order valence-electron chi connectivity index (χ0n) is 57.8. The molecule has 34 heteroatoms. The number of benzene rings is 10. The fourth-order valence-electron chi connectivity index (χ4n) is 13.2. The van der Waals surface area contributed by atoms with Crippen molar-refractivity contribution in [2.45, 2.75) is 89.6 Å². The van der Waals surface area contributed by atoms with Gasteiger partial charge in [0.05, 0.1) is 88.5 Å². The summed E-state index contributed by atoms with van der Waals surface area (Å²) < 4.78 is 158. The molecular formula is C78H58F12N10O8S4. The highest BCUT2D eigenvalue weighted by atomic mass is 32.2. The average Bonchev–Trinajstić information content (AvgIpc) is 1.29. The molecule has 10 aromatic rings. The lowest BCUT2D eigenvalue weighted by Gasteiger charge is -2.34. The fourth-order valence-corrected chi connectivity index (χ4v) is 17.6. The van der Waals surface area contributed by atoms with E-state index in [9.17, 15) is 92.1 Å². The Morgan fingerprint density at radius 2 is 0.643 bits per heavy atom. The van der Waals surface area contributed by atoms with Crippen LogP contribution in [0, 0.1) is 20.2 Å². The number of rotatable bonds is 13. The quantitative estimate of drug-likeness (QED) is 0.0319. The van der Waals surface area contributed by atoms with Crippen molar-refractivity contribution in [1.82, 2.24) is 9.80 Å². The van der Waals surface area contributed by atoms with Gasteiger partial charge in [0.15, 0.2) is 0 Å². The maximum Gasteiger partial charge on any atom is 0.416 e. The molecule has 4 amide bonds. The number of hydrogen-bond donors (Lipinski definition) is 3. The van der Waals surface area contributed by atoms with Gasteiger partial charge < -0.3 is 31.9 Å². The second-order valence-corrected chi connectivity index (χ2v) is 30.1. The largest absolute Gasteiger partial charge is 0.416 e. The van der Waals surface area contributed by atoms with E-state index in [1.165, 1.54) is 101 Å².